The van der Waals surface area contributed by atoms with E-state index in [9.17, 15) is 29.4 Å². The number of hydrogen-bond donors (Lipinski definition) is 7. The third kappa shape index (κ3) is 9.40. The van der Waals surface area contributed by atoms with Crippen molar-refractivity contribution in [3.63, 3.8) is 0 Å². The Balaban J connectivity index is 2.99. The van der Waals surface area contributed by atoms with E-state index in [4.69, 9.17) is 5.73 Å². The number of carbonyl (C=O) groups is 4. The summed E-state index contributed by atoms with van der Waals surface area (Å²) in [5.41, 5.74) is 6.43. The molecule has 0 aliphatic rings. The van der Waals surface area contributed by atoms with Crippen LogP contribution >= 0.6 is 11.8 Å². The lowest BCUT2D eigenvalue weighted by atomic mass is 10.0. The van der Waals surface area contributed by atoms with Crippen LogP contribution in [0.3, 0.4) is 0 Å². The Morgan fingerprint density at radius 2 is 1.73 bits per heavy atom. The standard InChI is InChI=1S/C20H34N6O6S/c1-10(2)15(21)18(29)25-14(7-12-8-22-9-23-12)17(28)26-16(11(3)27)19(30)24-13(20(31)32)5-6-33-4/h8-11,13-16,27H,5-7,21H2,1-4H3,(H,22,23)(H,24,30)(H,25,29)(H,26,28)(H,31,32). The molecule has 13 heteroatoms. The fraction of sp³-hybridized carbons (Fsp3) is 0.650. The van der Waals surface area contributed by atoms with Crippen molar-refractivity contribution in [3.05, 3.63) is 18.2 Å². The van der Waals surface area contributed by atoms with Gasteiger partial charge in [-0.25, -0.2) is 9.78 Å². The van der Waals surface area contributed by atoms with Gasteiger partial charge in [0.1, 0.15) is 18.1 Å². The van der Waals surface area contributed by atoms with Crippen LogP contribution in [0.5, 0.6) is 0 Å². The molecule has 1 heterocycles. The maximum absolute atomic E-state index is 13.0. The first kappa shape index (κ1) is 28.4. The summed E-state index contributed by atoms with van der Waals surface area (Å²) in [7, 11) is 0. The number of carboxylic acid groups (broad SMARTS) is 1. The van der Waals surface area contributed by atoms with Crippen LogP contribution in [0.4, 0.5) is 0 Å². The maximum Gasteiger partial charge on any atom is 0.326 e. The smallest absolute Gasteiger partial charge is 0.326 e. The van der Waals surface area contributed by atoms with Crippen LogP contribution in [-0.4, -0.2) is 86.2 Å². The molecule has 8 N–H and O–H groups in total. The molecule has 1 aromatic rings. The highest BCUT2D eigenvalue weighted by Crippen LogP contribution is 2.06. The predicted molar refractivity (Wildman–Crippen MR) is 123 cm³/mol. The highest BCUT2D eigenvalue weighted by molar-refractivity contribution is 7.98. The first-order valence-electron chi connectivity index (χ1n) is 10.5. The van der Waals surface area contributed by atoms with Crippen molar-refractivity contribution in [2.24, 2.45) is 11.7 Å². The van der Waals surface area contributed by atoms with Gasteiger partial charge in [-0.05, 0) is 31.3 Å². The Morgan fingerprint density at radius 1 is 1.09 bits per heavy atom. The zero-order valence-electron chi connectivity index (χ0n) is 19.2. The van der Waals surface area contributed by atoms with Gasteiger partial charge in [-0.15, -0.1) is 0 Å². The third-order valence-corrected chi connectivity index (χ3v) is 5.56. The van der Waals surface area contributed by atoms with Crippen LogP contribution in [0.1, 0.15) is 32.9 Å². The molecule has 5 atom stereocenters. The first-order valence-corrected chi connectivity index (χ1v) is 11.9. The van der Waals surface area contributed by atoms with Gasteiger partial charge in [-0.3, -0.25) is 14.4 Å². The quantitative estimate of drug-likeness (QED) is 0.165. The summed E-state index contributed by atoms with van der Waals surface area (Å²) in [4.78, 5) is 56.3. The van der Waals surface area contributed by atoms with Gasteiger partial charge in [0.05, 0.1) is 18.5 Å². The van der Waals surface area contributed by atoms with Crippen LogP contribution in [-0.2, 0) is 25.6 Å². The van der Waals surface area contributed by atoms with E-state index in [1.165, 1.54) is 31.2 Å². The minimum Gasteiger partial charge on any atom is -0.480 e. The van der Waals surface area contributed by atoms with Crippen LogP contribution in [0.25, 0.3) is 0 Å². The number of amides is 3. The van der Waals surface area contributed by atoms with Crippen LogP contribution in [0, 0.1) is 5.92 Å². The molecule has 1 rings (SSSR count). The number of aliphatic carboxylic acids is 1. The summed E-state index contributed by atoms with van der Waals surface area (Å²) >= 11 is 1.42. The summed E-state index contributed by atoms with van der Waals surface area (Å²) < 4.78 is 0. The summed E-state index contributed by atoms with van der Waals surface area (Å²) in [6.45, 7) is 4.81. The lowest BCUT2D eigenvalue weighted by Crippen LogP contribution is -2.60. The average molecular weight is 487 g/mol. The second kappa shape index (κ2) is 13.8. The number of carboxylic acids is 1. The van der Waals surface area contributed by atoms with Crippen molar-refractivity contribution in [1.82, 2.24) is 25.9 Å². The van der Waals surface area contributed by atoms with Crippen molar-refractivity contribution in [2.45, 2.75) is 63.9 Å². The molecule has 33 heavy (non-hydrogen) atoms. The van der Waals surface area contributed by atoms with Gasteiger partial charge in [0.15, 0.2) is 0 Å². The molecule has 186 valence electrons. The number of nitrogens with one attached hydrogen (secondary N) is 4. The number of aromatic amines is 1. The number of nitrogens with two attached hydrogens (primary N) is 1. The fourth-order valence-electron chi connectivity index (χ4n) is 2.81. The molecule has 0 saturated heterocycles. The molecular weight excluding hydrogens is 452 g/mol. The van der Waals surface area contributed by atoms with Gasteiger partial charge < -0.3 is 36.9 Å². The van der Waals surface area contributed by atoms with Crippen molar-refractivity contribution >= 4 is 35.5 Å². The summed E-state index contributed by atoms with van der Waals surface area (Å²) in [5, 5.41) is 26.8. The number of nitrogens with zero attached hydrogens (tertiary/aromatic N) is 1. The fourth-order valence-corrected chi connectivity index (χ4v) is 3.28. The molecule has 0 aromatic carbocycles. The number of aliphatic hydroxyl groups is 1. The van der Waals surface area contributed by atoms with Gasteiger partial charge >= 0.3 is 5.97 Å². The van der Waals surface area contributed by atoms with Crippen molar-refractivity contribution < 1.29 is 29.4 Å². The Bertz CT molecular complexity index is 788. The van der Waals surface area contributed by atoms with Crippen molar-refractivity contribution in [3.8, 4) is 0 Å². The Hall–Kier alpha value is -2.64. The monoisotopic (exact) mass is 486 g/mol. The Kier molecular flexibility index (Phi) is 11.9. The maximum atomic E-state index is 13.0. The van der Waals surface area contributed by atoms with E-state index in [0.29, 0.717) is 11.4 Å². The molecule has 1 aromatic heterocycles. The highest BCUT2D eigenvalue weighted by Gasteiger charge is 2.33. The first-order chi connectivity index (χ1) is 15.5. The molecule has 0 radical (unpaired) electrons. The van der Waals surface area contributed by atoms with Gasteiger partial charge in [-0.1, -0.05) is 13.8 Å². The van der Waals surface area contributed by atoms with Gasteiger partial charge in [0.2, 0.25) is 17.7 Å². The molecule has 0 bridgehead atoms. The zero-order chi connectivity index (χ0) is 25.1. The van der Waals surface area contributed by atoms with Crippen molar-refractivity contribution in [2.75, 3.05) is 12.0 Å². The number of carbonyl (C=O) groups excluding carboxylic acids is 3. The molecule has 12 nitrogen and oxygen atoms in total. The van der Waals surface area contributed by atoms with E-state index < -0.39 is 54.0 Å². The number of aliphatic hydroxyl groups excluding tert-OH is 1. The second-order valence-corrected chi connectivity index (χ2v) is 9.01. The molecule has 3 amide bonds. The number of aromatic nitrogens is 2. The largest absolute Gasteiger partial charge is 0.480 e. The molecule has 0 fully saturated rings. The molecule has 5 unspecified atom stereocenters. The molecule has 0 aliphatic heterocycles. The minimum atomic E-state index is -1.44. The highest BCUT2D eigenvalue weighted by atomic mass is 32.2. The van der Waals surface area contributed by atoms with Crippen LogP contribution < -0.4 is 21.7 Å². The van der Waals surface area contributed by atoms with Crippen LogP contribution in [0.2, 0.25) is 0 Å². The number of thioether (sulfide) groups is 1. The number of imidazole rings is 1. The lowest BCUT2D eigenvalue weighted by Gasteiger charge is -2.26. The lowest BCUT2D eigenvalue weighted by molar-refractivity contribution is -0.143. The topological polar surface area (TPSA) is 200 Å². The Labute approximate surface area is 196 Å². The molecule has 0 spiro atoms. The minimum absolute atomic E-state index is 0.0298. The van der Waals surface area contributed by atoms with Crippen molar-refractivity contribution in [1.29, 1.82) is 0 Å². The number of hydrogen-bond acceptors (Lipinski definition) is 8. The molecule has 0 saturated carbocycles. The second-order valence-electron chi connectivity index (χ2n) is 8.02. The van der Waals surface area contributed by atoms with Gasteiger partial charge in [0.25, 0.3) is 0 Å². The van der Waals surface area contributed by atoms with E-state index in [1.54, 1.807) is 20.1 Å². The van der Waals surface area contributed by atoms with E-state index >= 15 is 0 Å². The third-order valence-electron chi connectivity index (χ3n) is 4.92. The van der Waals surface area contributed by atoms with E-state index in [2.05, 4.69) is 25.9 Å². The predicted octanol–water partition coefficient (Wildman–Crippen LogP) is -1.39. The average Bonchev–Trinajstić information content (AvgIpc) is 3.25. The van der Waals surface area contributed by atoms with E-state index in [0.717, 1.165) is 0 Å². The summed E-state index contributed by atoms with van der Waals surface area (Å²) in [6, 6.07) is -4.59. The number of H-pyrrole nitrogens is 1. The molecular formula is C20H34N6O6S. The van der Waals surface area contributed by atoms with Crippen LogP contribution in [0.15, 0.2) is 12.5 Å². The zero-order valence-corrected chi connectivity index (χ0v) is 20.0. The molecule has 0 aliphatic carbocycles. The normalized spacial score (nSPS) is 15.7. The number of rotatable bonds is 14. The summed E-state index contributed by atoms with van der Waals surface area (Å²) in [6.07, 6.45) is 3.58. The van der Waals surface area contributed by atoms with Gasteiger partial charge in [0, 0.05) is 18.3 Å². The van der Waals surface area contributed by atoms with E-state index in [-0.39, 0.29) is 18.8 Å². The summed E-state index contributed by atoms with van der Waals surface area (Å²) in [5.74, 6) is -3.04. The Morgan fingerprint density at radius 3 is 2.21 bits per heavy atom. The van der Waals surface area contributed by atoms with Gasteiger partial charge in [-0.2, -0.15) is 11.8 Å². The van der Waals surface area contributed by atoms with E-state index in [1.807, 2.05) is 0 Å². The SMILES string of the molecule is CSCCC(NC(=O)C(NC(=O)C(Cc1cnc[nH]1)NC(=O)C(N)C(C)C)C(C)O)C(=O)O.